The highest BCUT2D eigenvalue weighted by Gasteiger charge is 2.56. The molecule has 9 heteroatoms. The molecular formula is C29H46F4O5. The first-order valence-corrected chi connectivity index (χ1v) is 14.0. The molecule has 8 atom stereocenters. The lowest BCUT2D eigenvalue weighted by Crippen LogP contribution is -2.47. The summed E-state index contributed by atoms with van der Waals surface area (Å²) >= 11 is 0. The SMILES string of the molecule is CCCCC(C)([C@@H](C=C[C@@H]1[C@@H]([C@@H](F)C=CCCCC(=O)OC)[C@@H](O)C[C@H]1C)OC1CCCCO1)C(F)(F)F. The van der Waals surface area contributed by atoms with Gasteiger partial charge >= 0.3 is 12.1 Å². The molecule has 0 aromatic carbocycles. The molecule has 1 saturated carbocycles. The van der Waals surface area contributed by atoms with Crippen molar-refractivity contribution in [3.63, 3.8) is 0 Å². The minimum absolute atomic E-state index is 0.0962. The minimum atomic E-state index is -4.51. The van der Waals surface area contributed by atoms with Crippen LogP contribution >= 0.6 is 0 Å². The van der Waals surface area contributed by atoms with Crippen LogP contribution in [0.1, 0.15) is 85.0 Å². The van der Waals surface area contributed by atoms with E-state index in [0.717, 1.165) is 12.8 Å². The van der Waals surface area contributed by atoms with Gasteiger partial charge in [-0.3, -0.25) is 4.79 Å². The van der Waals surface area contributed by atoms with E-state index in [-0.39, 0.29) is 24.7 Å². The Balaban J connectivity index is 2.24. The van der Waals surface area contributed by atoms with Crippen molar-refractivity contribution in [1.82, 2.24) is 0 Å². The summed E-state index contributed by atoms with van der Waals surface area (Å²) in [5.74, 6) is -1.68. The van der Waals surface area contributed by atoms with Gasteiger partial charge in [0.2, 0.25) is 0 Å². The van der Waals surface area contributed by atoms with Crippen molar-refractivity contribution in [2.24, 2.45) is 23.2 Å². The van der Waals surface area contributed by atoms with Gasteiger partial charge in [0, 0.05) is 18.9 Å². The first-order chi connectivity index (χ1) is 17.9. The number of alkyl halides is 4. The molecule has 0 bridgehead atoms. The number of carbonyl (C=O) groups excluding carboxylic acids is 1. The number of aliphatic hydroxyl groups excluding tert-OH is 1. The molecule has 0 radical (unpaired) electrons. The number of methoxy groups -OCH3 is 1. The molecule has 1 saturated heterocycles. The number of allylic oxidation sites excluding steroid dienone is 3. The summed E-state index contributed by atoms with van der Waals surface area (Å²) in [6.45, 7) is 5.37. The molecule has 2 fully saturated rings. The van der Waals surface area contributed by atoms with E-state index in [4.69, 9.17) is 9.47 Å². The Hall–Kier alpha value is -1.45. The molecule has 220 valence electrons. The number of rotatable bonds is 14. The largest absolute Gasteiger partial charge is 0.469 e. The third kappa shape index (κ3) is 9.05. The summed E-state index contributed by atoms with van der Waals surface area (Å²) in [6, 6.07) is 0. The topological polar surface area (TPSA) is 65.0 Å². The average Bonchev–Trinajstić information content (AvgIpc) is 3.16. The molecule has 1 aliphatic carbocycles. The van der Waals surface area contributed by atoms with Crippen LogP contribution in [0.2, 0.25) is 0 Å². The molecule has 0 amide bonds. The summed E-state index contributed by atoms with van der Waals surface area (Å²) in [5.41, 5.74) is -2.13. The second-order valence-electron chi connectivity index (χ2n) is 11.0. The number of halogens is 4. The van der Waals surface area contributed by atoms with Crippen LogP contribution in [0.25, 0.3) is 0 Å². The maximum absolute atomic E-state index is 15.3. The van der Waals surface area contributed by atoms with Gasteiger partial charge in [0.1, 0.15) is 6.17 Å². The number of carbonyl (C=O) groups is 1. The molecule has 0 aromatic rings. The lowest BCUT2D eigenvalue weighted by atomic mass is 9.77. The Morgan fingerprint density at radius 3 is 2.55 bits per heavy atom. The van der Waals surface area contributed by atoms with E-state index in [1.54, 1.807) is 12.2 Å². The third-order valence-corrected chi connectivity index (χ3v) is 8.10. The van der Waals surface area contributed by atoms with Gasteiger partial charge < -0.3 is 19.3 Å². The summed E-state index contributed by atoms with van der Waals surface area (Å²) in [7, 11) is 1.31. The molecule has 38 heavy (non-hydrogen) atoms. The quantitative estimate of drug-likeness (QED) is 0.108. The monoisotopic (exact) mass is 550 g/mol. The van der Waals surface area contributed by atoms with Gasteiger partial charge in [-0.05, 0) is 63.7 Å². The molecule has 2 aliphatic rings. The van der Waals surface area contributed by atoms with Gasteiger partial charge in [0.25, 0.3) is 0 Å². The van der Waals surface area contributed by atoms with E-state index in [0.29, 0.717) is 45.1 Å². The van der Waals surface area contributed by atoms with Crippen molar-refractivity contribution >= 4 is 5.97 Å². The van der Waals surface area contributed by atoms with Crippen molar-refractivity contribution in [1.29, 1.82) is 0 Å². The fourth-order valence-corrected chi connectivity index (χ4v) is 5.50. The fourth-order valence-electron chi connectivity index (χ4n) is 5.50. The maximum Gasteiger partial charge on any atom is 0.397 e. The second kappa shape index (κ2) is 15.4. The van der Waals surface area contributed by atoms with Crippen LogP contribution in [0.3, 0.4) is 0 Å². The molecule has 2 unspecified atom stereocenters. The van der Waals surface area contributed by atoms with Crippen LogP contribution in [0.15, 0.2) is 24.3 Å². The standard InChI is InChI=1S/C29H46F4O5/c1-5-6-17-28(3,29(31,32)33)24(38-26-14-10-11-18-37-26)16-15-21-20(2)19-23(34)27(21)22(30)12-8-7-9-13-25(35)36-4/h8,12,15-16,20-24,26-27,34H,5-7,9-11,13-14,17-19H2,1-4H3/t20-,21+,22+,23+,24-,26?,27+,28?/m1/s1. The molecule has 0 aromatic heterocycles. The lowest BCUT2D eigenvalue weighted by molar-refractivity contribution is -0.279. The van der Waals surface area contributed by atoms with Crippen LogP contribution in [0.5, 0.6) is 0 Å². The zero-order chi connectivity index (χ0) is 28.3. The van der Waals surface area contributed by atoms with Crippen molar-refractivity contribution < 1.29 is 41.7 Å². The summed E-state index contributed by atoms with van der Waals surface area (Å²) in [4.78, 5) is 11.2. The molecule has 0 spiro atoms. The lowest BCUT2D eigenvalue weighted by Gasteiger charge is -2.40. The van der Waals surface area contributed by atoms with Crippen LogP contribution in [0, 0.1) is 23.2 Å². The average molecular weight is 551 g/mol. The Labute approximate surface area is 225 Å². The number of ether oxygens (including phenoxy) is 3. The number of hydrogen-bond donors (Lipinski definition) is 1. The summed E-state index contributed by atoms with van der Waals surface area (Å²) in [6.07, 6.45) is 1.88. The van der Waals surface area contributed by atoms with Crippen molar-refractivity contribution in [2.45, 2.75) is 116 Å². The summed E-state index contributed by atoms with van der Waals surface area (Å²) in [5, 5.41) is 10.6. The van der Waals surface area contributed by atoms with E-state index in [1.165, 1.54) is 26.2 Å². The van der Waals surface area contributed by atoms with E-state index in [2.05, 4.69) is 4.74 Å². The van der Waals surface area contributed by atoms with Gasteiger partial charge in [-0.25, -0.2) is 4.39 Å². The molecule has 1 N–H and O–H groups in total. The highest BCUT2D eigenvalue weighted by atomic mass is 19.4. The van der Waals surface area contributed by atoms with Crippen LogP contribution < -0.4 is 0 Å². The smallest absolute Gasteiger partial charge is 0.397 e. The number of hydrogen-bond acceptors (Lipinski definition) is 5. The van der Waals surface area contributed by atoms with Gasteiger partial charge in [-0.2, -0.15) is 13.2 Å². The maximum atomic E-state index is 15.3. The molecule has 5 nitrogen and oxygen atoms in total. The van der Waals surface area contributed by atoms with E-state index in [1.807, 2.05) is 13.8 Å². The van der Waals surface area contributed by atoms with Gasteiger partial charge in [0.15, 0.2) is 6.29 Å². The van der Waals surface area contributed by atoms with Gasteiger partial charge in [0.05, 0.1) is 24.7 Å². The minimum Gasteiger partial charge on any atom is -0.469 e. The number of aliphatic hydroxyl groups is 1. The third-order valence-electron chi connectivity index (χ3n) is 8.10. The Morgan fingerprint density at radius 2 is 1.95 bits per heavy atom. The van der Waals surface area contributed by atoms with Crippen LogP contribution in [-0.4, -0.2) is 55.6 Å². The predicted molar refractivity (Wildman–Crippen MR) is 138 cm³/mol. The van der Waals surface area contributed by atoms with E-state index in [9.17, 15) is 23.1 Å². The normalized spacial score (nSPS) is 30.0. The zero-order valence-electron chi connectivity index (χ0n) is 23.2. The highest BCUT2D eigenvalue weighted by Crippen LogP contribution is 2.48. The highest BCUT2D eigenvalue weighted by molar-refractivity contribution is 5.69. The Morgan fingerprint density at radius 1 is 1.21 bits per heavy atom. The first-order valence-electron chi connectivity index (χ1n) is 14.0. The Bertz CT molecular complexity index is 765. The van der Waals surface area contributed by atoms with E-state index >= 15 is 4.39 Å². The predicted octanol–water partition coefficient (Wildman–Crippen LogP) is 7.08. The molecule has 1 heterocycles. The molecule has 1 aliphatic heterocycles. The van der Waals surface area contributed by atoms with E-state index < -0.39 is 48.1 Å². The second-order valence-corrected chi connectivity index (χ2v) is 11.0. The Kier molecular flexibility index (Phi) is 13.2. The number of esters is 1. The zero-order valence-corrected chi connectivity index (χ0v) is 23.2. The van der Waals surface area contributed by atoms with Crippen molar-refractivity contribution in [2.75, 3.05) is 13.7 Å². The van der Waals surface area contributed by atoms with Crippen LogP contribution in [0.4, 0.5) is 17.6 Å². The molecular weight excluding hydrogens is 504 g/mol. The fraction of sp³-hybridized carbons (Fsp3) is 0.828. The number of unbranched alkanes of at least 4 members (excludes halogenated alkanes) is 2. The van der Waals surface area contributed by atoms with Crippen molar-refractivity contribution in [3.8, 4) is 0 Å². The summed E-state index contributed by atoms with van der Waals surface area (Å²) < 4.78 is 74.9. The van der Waals surface area contributed by atoms with Gasteiger partial charge in [-0.1, -0.05) is 51.0 Å². The van der Waals surface area contributed by atoms with Crippen LogP contribution in [-0.2, 0) is 19.0 Å². The van der Waals surface area contributed by atoms with Gasteiger partial charge in [-0.15, -0.1) is 0 Å². The first kappa shape index (κ1) is 32.8. The molecule has 2 rings (SSSR count). The van der Waals surface area contributed by atoms with Crippen molar-refractivity contribution in [3.05, 3.63) is 24.3 Å².